The second-order valence-corrected chi connectivity index (χ2v) is 3.25. The molecule has 0 bridgehead atoms. The predicted molar refractivity (Wildman–Crippen MR) is 51.7 cm³/mol. The van der Waals surface area contributed by atoms with Crippen LogP contribution in [0.5, 0.6) is 0 Å². The summed E-state index contributed by atoms with van der Waals surface area (Å²) in [7, 11) is 0. The molecule has 1 aliphatic carbocycles. The molecule has 66 valence electrons. The fraction of sp³-hybridized carbons (Fsp3) is 0.455. The number of ether oxygens (including phenoxy) is 1. The normalized spacial score (nSPS) is 16.9. The van der Waals surface area contributed by atoms with Crippen molar-refractivity contribution in [2.75, 3.05) is 0 Å². The maximum Gasteiger partial charge on any atom is 0.0998 e. The van der Waals surface area contributed by atoms with Crippen molar-refractivity contribution in [2.45, 2.75) is 26.4 Å². The van der Waals surface area contributed by atoms with Gasteiger partial charge in [-0.25, -0.2) is 0 Å². The fourth-order valence-corrected chi connectivity index (χ4v) is 1.19. The third-order valence-corrected chi connectivity index (χ3v) is 1.72. The molecule has 0 aromatic heterocycles. The molecule has 0 aliphatic heterocycles. The summed E-state index contributed by atoms with van der Waals surface area (Å²) in [5.74, 6) is 1.12. The molecule has 0 fully saturated rings. The first-order valence-corrected chi connectivity index (χ1v) is 4.39. The van der Waals surface area contributed by atoms with E-state index in [0.717, 1.165) is 12.2 Å². The van der Waals surface area contributed by atoms with E-state index in [1.54, 1.807) is 0 Å². The Morgan fingerprint density at radius 1 is 1.42 bits per heavy atom. The molecule has 0 unspecified atom stereocenters. The number of hydrogen-bond acceptors (Lipinski definition) is 1. The molecule has 0 heterocycles. The van der Waals surface area contributed by atoms with Crippen molar-refractivity contribution in [3.05, 3.63) is 36.6 Å². The van der Waals surface area contributed by atoms with Crippen LogP contribution in [-0.4, -0.2) is 6.10 Å². The zero-order valence-corrected chi connectivity index (χ0v) is 7.79. The van der Waals surface area contributed by atoms with Gasteiger partial charge in [-0.15, -0.1) is 0 Å². The van der Waals surface area contributed by atoms with Gasteiger partial charge in [0.1, 0.15) is 0 Å². The van der Waals surface area contributed by atoms with Gasteiger partial charge < -0.3 is 4.74 Å². The molecule has 1 nitrogen and oxygen atoms in total. The van der Waals surface area contributed by atoms with Gasteiger partial charge >= 0.3 is 0 Å². The zero-order valence-electron chi connectivity index (χ0n) is 7.79. The maximum atomic E-state index is 5.49. The van der Waals surface area contributed by atoms with Crippen LogP contribution < -0.4 is 0 Å². The molecule has 0 spiro atoms. The first kappa shape index (κ1) is 9.11. The Labute approximate surface area is 74.4 Å². The van der Waals surface area contributed by atoms with Crippen molar-refractivity contribution in [1.29, 1.82) is 0 Å². The second-order valence-electron chi connectivity index (χ2n) is 3.25. The molecular weight excluding hydrogens is 148 g/mol. The molecule has 12 heavy (non-hydrogen) atoms. The summed E-state index contributed by atoms with van der Waals surface area (Å²) >= 11 is 0. The average Bonchev–Trinajstić information content (AvgIpc) is 2.05. The summed E-state index contributed by atoms with van der Waals surface area (Å²) in [4.78, 5) is 0. The Morgan fingerprint density at radius 2 is 2.00 bits per heavy atom. The van der Waals surface area contributed by atoms with Gasteiger partial charge in [0.05, 0.1) is 17.8 Å². The van der Waals surface area contributed by atoms with Gasteiger partial charge in [0.25, 0.3) is 0 Å². The zero-order chi connectivity index (χ0) is 8.97. The lowest BCUT2D eigenvalue weighted by Gasteiger charge is -2.17. The smallest absolute Gasteiger partial charge is 0.0998 e. The van der Waals surface area contributed by atoms with Crippen molar-refractivity contribution < 1.29 is 4.74 Å². The molecule has 1 heteroatoms. The minimum atomic E-state index is 0.223. The second kappa shape index (κ2) is 4.15. The highest BCUT2D eigenvalue weighted by molar-refractivity contribution is 5.18. The summed E-state index contributed by atoms with van der Waals surface area (Å²) in [6, 6.07) is 0. The minimum absolute atomic E-state index is 0.223. The third-order valence-electron chi connectivity index (χ3n) is 1.72. The number of rotatable bonds is 3. The van der Waals surface area contributed by atoms with Crippen LogP contribution in [0.15, 0.2) is 36.6 Å². The van der Waals surface area contributed by atoms with Crippen LogP contribution in [0.4, 0.5) is 0 Å². The first-order chi connectivity index (χ1) is 5.70. The van der Waals surface area contributed by atoms with Crippen molar-refractivity contribution >= 4 is 0 Å². The van der Waals surface area contributed by atoms with E-state index >= 15 is 0 Å². The summed E-state index contributed by atoms with van der Waals surface area (Å²) in [5.41, 5.74) is 0. The van der Waals surface area contributed by atoms with Crippen molar-refractivity contribution in [1.82, 2.24) is 0 Å². The quantitative estimate of drug-likeness (QED) is 0.460. The summed E-state index contributed by atoms with van der Waals surface area (Å²) in [5, 5.41) is 0. The molecule has 0 aromatic rings. The molecule has 1 aliphatic rings. The third kappa shape index (κ3) is 2.57. The van der Waals surface area contributed by atoms with E-state index in [-0.39, 0.29) is 12.0 Å². The molecule has 0 amide bonds. The topological polar surface area (TPSA) is 9.23 Å². The Morgan fingerprint density at radius 3 is 2.50 bits per heavy atom. The average molecular weight is 164 g/mol. The van der Waals surface area contributed by atoms with Crippen LogP contribution in [0.3, 0.4) is 0 Å². The van der Waals surface area contributed by atoms with Crippen LogP contribution in [0.25, 0.3) is 0 Å². The molecular formula is C11H16O. The lowest BCUT2D eigenvalue weighted by Crippen LogP contribution is -2.08. The van der Waals surface area contributed by atoms with E-state index in [0.29, 0.717) is 0 Å². The number of hydrogen-bond donors (Lipinski definition) is 0. The van der Waals surface area contributed by atoms with E-state index in [4.69, 9.17) is 4.74 Å². The summed E-state index contributed by atoms with van der Waals surface area (Å²) < 4.78 is 5.49. The van der Waals surface area contributed by atoms with E-state index in [2.05, 4.69) is 30.9 Å². The van der Waals surface area contributed by atoms with E-state index in [1.807, 2.05) is 13.8 Å². The largest absolute Gasteiger partial charge is 0.495 e. The minimum Gasteiger partial charge on any atom is -0.495 e. The summed E-state index contributed by atoms with van der Waals surface area (Å²) in [6.07, 6.45) is 9.79. The van der Waals surface area contributed by atoms with Crippen LogP contribution in [0, 0.1) is 5.92 Å². The first-order valence-electron chi connectivity index (χ1n) is 4.39. The predicted octanol–water partition coefficient (Wildman–Crippen LogP) is 3.06. The Balaban J connectivity index is 2.46. The van der Waals surface area contributed by atoms with Gasteiger partial charge in [0, 0.05) is 0 Å². The van der Waals surface area contributed by atoms with E-state index in [1.165, 1.54) is 0 Å². The Bertz CT molecular complexity index is 199. The standard InChI is InChI=1S/C11H16O/c1-9(2)12-10(3)11-7-5-4-6-8-11/h5-9,11H,3-4H2,1-2H3. The van der Waals surface area contributed by atoms with Crippen LogP contribution >= 0.6 is 0 Å². The highest BCUT2D eigenvalue weighted by atomic mass is 16.5. The molecule has 0 saturated carbocycles. The maximum absolute atomic E-state index is 5.49. The van der Waals surface area contributed by atoms with Crippen LogP contribution in [-0.2, 0) is 4.74 Å². The van der Waals surface area contributed by atoms with Gasteiger partial charge in [0.15, 0.2) is 0 Å². The Hall–Kier alpha value is -0.980. The van der Waals surface area contributed by atoms with Gasteiger partial charge in [-0.2, -0.15) is 0 Å². The van der Waals surface area contributed by atoms with Gasteiger partial charge in [0.2, 0.25) is 0 Å². The lowest BCUT2D eigenvalue weighted by molar-refractivity contribution is 0.135. The number of allylic oxidation sites excluding steroid dienone is 3. The molecule has 0 radical (unpaired) electrons. The van der Waals surface area contributed by atoms with Crippen molar-refractivity contribution in [3.8, 4) is 0 Å². The molecule has 0 saturated heterocycles. The lowest BCUT2D eigenvalue weighted by atomic mass is 10.0. The van der Waals surface area contributed by atoms with E-state index in [9.17, 15) is 0 Å². The van der Waals surface area contributed by atoms with E-state index < -0.39 is 0 Å². The molecule has 1 rings (SSSR count). The monoisotopic (exact) mass is 164 g/mol. The molecule has 0 aromatic carbocycles. The van der Waals surface area contributed by atoms with Gasteiger partial charge in [-0.1, -0.05) is 30.9 Å². The highest BCUT2D eigenvalue weighted by Gasteiger charge is 2.09. The van der Waals surface area contributed by atoms with Crippen LogP contribution in [0.2, 0.25) is 0 Å². The fourth-order valence-electron chi connectivity index (χ4n) is 1.19. The SMILES string of the molecule is C=C(OC(C)C)C1C=CCC=C1. The van der Waals surface area contributed by atoms with Crippen molar-refractivity contribution in [2.24, 2.45) is 5.92 Å². The highest BCUT2D eigenvalue weighted by Crippen LogP contribution is 2.19. The van der Waals surface area contributed by atoms with Gasteiger partial charge in [-0.05, 0) is 20.3 Å². The van der Waals surface area contributed by atoms with Crippen LogP contribution in [0.1, 0.15) is 20.3 Å². The van der Waals surface area contributed by atoms with Crippen molar-refractivity contribution in [3.63, 3.8) is 0 Å². The Kier molecular flexibility index (Phi) is 3.15. The summed E-state index contributed by atoms with van der Waals surface area (Å²) in [6.45, 7) is 7.92. The molecule has 0 atom stereocenters. The van der Waals surface area contributed by atoms with Gasteiger partial charge in [-0.3, -0.25) is 0 Å². The molecule has 0 N–H and O–H groups in total.